The Labute approximate surface area is 160 Å². The van der Waals surface area contributed by atoms with Gasteiger partial charge in [-0.2, -0.15) is 0 Å². The average Bonchev–Trinajstić information content (AvgIpc) is 3.06. The van der Waals surface area contributed by atoms with Gasteiger partial charge in [0.05, 0.1) is 29.0 Å². The SMILES string of the molecule is [2H]C([2H])([2H])C([2H])([2H])[C@]1(O)C(=O)OCc2c1cc1n(c2=O)Cc2cc3cc(O)ccc3nc2-1. The molecule has 0 unspecified atom stereocenters. The maximum Gasteiger partial charge on any atom is 0.343 e. The number of ether oxygens (including phenoxy) is 1. The summed E-state index contributed by atoms with van der Waals surface area (Å²) < 4.78 is 45.0. The number of phenols is 1. The van der Waals surface area contributed by atoms with Gasteiger partial charge in [0.25, 0.3) is 5.56 Å². The lowest BCUT2D eigenvalue weighted by Crippen LogP contribution is -2.44. The predicted molar refractivity (Wildman–Crippen MR) is 96.2 cm³/mol. The van der Waals surface area contributed by atoms with Crippen molar-refractivity contribution in [2.24, 2.45) is 0 Å². The van der Waals surface area contributed by atoms with Crippen LogP contribution in [0.15, 0.2) is 35.1 Å². The minimum Gasteiger partial charge on any atom is -0.508 e. The van der Waals surface area contributed by atoms with E-state index in [2.05, 4.69) is 4.98 Å². The first-order valence-electron chi connectivity index (χ1n) is 10.7. The van der Waals surface area contributed by atoms with Crippen molar-refractivity contribution < 1.29 is 26.6 Å². The fourth-order valence-corrected chi connectivity index (χ4v) is 3.70. The summed E-state index contributed by atoms with van der Waals surface area (Å²) in [6.07, 6.45) is -3.44. The molecule has 0 aliphatic carbocycles. The van der Waals surface area contributed by atoms with Gasteiger partial charge in [0, 0.05) is 23.4 Å². The van der Waals surface area contributed by atoms with E-state index in [0.717, 1.165) is 0 Å². The quantitative estimate of drug-likeness (QED) is 0.496. The Hall–Kier alpha value is -3.19. The van der Waals surface area contributed by atoms with Crippen LogP contribution in [0.1, 0.15) is 36.8 Å². The first kappa shape index (κ1) is 11.5. The summed E-state index contributed by atoms with van der Waals surface area (Å²) in [6.45, 7) is -3.79. The predicted octanol–water partition coefficient (Wildman–Crippen LogP) is 1.79. The third-order valence-electron chi connectivity index (χ3n) is 5.06. The molecule has 7 nitrogen and oxygen atoms in total. The normalized spacial score (nSPS) is 23.9. The minimum absolute atomic E-state index is 0.0509. The molecule has 27 heavy (non-hydrogen) atoms. The number of fused-ring (bicyclic) bond motifs is 5. The molecule has 1 aromatic carbocycles. The molecule has 0 spiro atoms. The summed E-state index contributed by atoms with van der Waals surface area (Å²) >= 11 is 0. The minimum atomic E-state index is -3.44. The zero-order chi connectivity index (χ0) is 23.2. The fraction of sp³-hybridized carbons (Fsp3) is 0.250. The van der Waals surface area contributed by atoms with Crippen LogP contribution in [-0.4, -0.2) is 25.7 Å². The second-order valence-corrected chi connectivity index (χ2v) is 6.60. The van der Waals surface area contributed by atoms with Gasteiger partial charge in [0.15, 0.2) is 5.60 Å². The highest BCUT2D eigenvalue weighted by Crippen LogP contribution is 2.38. The Morgan fingerprint density at radius 2 is 2.22 bits per heavy atom. The van der Waals surface area contributed by atoms with Crippen molar-refractivity contribution in [1.29, 1.82) is 0 Å². The van der Waals surface area contributed by atoms with Gasteiger partial charge < -0.3 is 19.5 Å². The van der Waals surface area contributed by atoms with E-state index in [9.17, 15) is 19.8 Å². The molecule has 2 aliphatic heterocycles. The van der Waals surface area contributed by atoms with E-state index in [1.54, 1.807) is 12.1 Å². The van der Waals surface area contributed by atoms with Crippen molar-refractivity contribution in [3.63, 3.8) is 0 Å². The van der Waals surface area contributed by atoms with E-state index in [1.807, 2.05) is 0 Å². The molecule has 2 aromatic heterocycles. The van der Waals surface area contributed by atoms with Crippen LogP contribution in [0.4, 0.5) is 0 Å². The van der Waals surface area contributed by atoms with E-state index >= 15 is 0 Å². The maximum absolute atomic E-state index is 13.2. The molecule has 0 radical (unpaired) electrons. The third-order valence-corrected chi connectivity index (χ3v) is 5.06. The first-order chi connectivity index (χ1) is 14.9. The lowest BCUT2D eigenvalue weighted by molar-refractivity contribution is -0.172. The van der Waals surface area contributed by atoms with Crippen LogP contribution in [0.5, 0.6) is 5.75 Å². The molecule has 7 heteroatoms. The molecule has 0 saturated carbocycles. The lowest BCUT2D eigenvalue weighted by atomic mass is 9.86. The average molecular weight is 369 g/mol. The largest absolute Gasteiger partial charge is 0.508 e. The van der Waals surface area contributed by atoms with Gasteiger partial charge in [-0.25, -0.2) is 9.78 Å². The highest BCUT2D eigenvalue weighted by Gasteiger charge is 2.45. The number of phenolic OH excluding ortho intramolecular Hbond substituents is 1. The van der Waals surface area contributed by atoms with E-state index in [1.165, 1.54) is 22.8 Å². The number of hydrogen-bond acceptors (Lipinski definition) is 6. The molecule has 0 saturated heterocycles. The van der Waals surface area contributed by atoms with Crippen molar-refractivity contribution >= 4 is 16.9 Å². The number of rotatable bonds is 1. The van der Waals surface area contributed by atoms with E-state index in [-0.39, 0.29) is 23.6 Å². The number of carbonyl (C=O) groups is 1. The Kier molecular flexibility index (Phi) is 2.20. The fourth-order valence-electron chi connectivity index (χ4n) is 3.70. The number of benzene rings is 1. The number of esters is 1. The number of hydrogen-bond donors (Lipinski definition) is 2. The molecule has 3 aromatic rings. The Morgan fingerprint density at radius 1 is 1.37 bits per heavy atom. The van der Waals surface area contributed by atoms with Crippen LogP contribution < -0.4 is 5.56 Å². The topological polar surface area (TPSA) is 102 Å². The Morgan fingerprint density at radius 3 is 3.04 bits per heavy atom. The molecule has 5 rings (SSSR count). The molecule has 4 heterocycles. The van der Waals surface area contributed by atoms with Gasteiger partial charge in [-0.3, -0.25) is 4.79 Å². The molecule has 136 valence electrons. The van der Waals surface area contributed by atoms with Crippen molar-refractivity contribution in [3.8, 4) is 17.1 Å². The first-order valence-corrected chi connectivity index (χ1v) is 8.16. The number of aliphatic hydroxyl groups is 1. The summed E-state index contributed by atoms with van der Waals surface area (Å²) in [5.74, 6) is -1.43. The molecular formula is C20H16N2O5. The van der Waals surface area contributed by atoms with E-state index < -0.39 is 42.5 Å². The molecule has 1 atom stereocenters. The zero-order valence-electron chi connectivity index (χ0n) is 18.8. The maximum atomic E-state index is 13.2. The lowest BCUT2D eigenvalue weighted by Gasteiger charge is -2.31. The number of aromatic hydroxyl groups is 1. The van der Waals surface area contributed by atoms with Gasteiger partial charge in [-0.1, -0.05) is 6.85 Å². The summed E-state index contributed by atoms with van der Waals surface area (Å²) in [4.78, 5) is 30.3. The van der Waals surface area contributed by atoms with E-state index in [0.29, 0.717) is 22.2 Å². The van der Waals surface area contributed by atoms with Crippen molar-refractivity contribution in [3.05, 3.63) is 57.4 Å². The van der Waals surface area contributed by atoms with Gasteiger partial charge >= 0.3 is 5.97 Å². The number of cyclic esters (lactones) is 1. The molecule has 0 bridgehead atoms. The van der Waals surface area contributed by atoms with Gasteiger partial charge in [-0.15, -0.1) is 0 Å². The highest BCUT2D eigenvalue weighted by molar-refractivity contribution is 5.86. The Balaban J connectivity index is 1.80. The van der Waals surface area contributed by atoms with Crippen LogP contribution in [0.3, 0.4) is 0 Å². The van der Waals surface area contributed by atoms with Crippen molar-refractivity contribution in [1.82, 2.24) is 9.55 Å². The summed E-state index contributed by atoms with van der Waals surface area (Å²) in [5.41, 5.74) is -2.75. The standard InChI is InChI=1S/C20H16N2O5/c1-2-20(26)14-7-16-17-11(5-10-6-12(23)3-4-15(10)21-17)8-22(16)18(24)13(14)9-27-19(20)25/h3-7,23,26H,2,8-9H2,1H3/t20-/m1/s1/i1D3,2D2. The molecule has 2 aliphatic rings. The number of pyridine rings is 2. The Bertz CT molecular complexity index is 1400. The zero-order valence-corrected chi connectivity index (χ0v) is 13.8. The summed E-state index contributed by atoms with van der Waals surface area (Å²) in [5, 5.41) is 21.5. The molecule has 2 N–H and O–H groups in total. The number of nitrogens with zero attached hydrogens (tertiary/aromatic N) is 2. The van der Waals surface area contributed by atoms with Crippen LogP contribution >= 0.6 is 0 Å². The second kappa shape index (κ2) is 5.17. The monoisotopic (exact) mass is 369 g/mol. The summed E-state index contributed by atoms with van der Waals surface area (Å²) in [7, 11) is 0. The third kappa shape index (κ3) is 2.03. The van der Waals surface area contributed by atoms with Crippen molar-refractivity contribution in [2.45, 2.75) is 32.0 Å². The van der Waals surface area contributed by atoms with E-state index in [4.69, 9.17) is 11.6 Å². The van der Waals surface area contributed by atoms with Gasteiger partial charge in [0.2, 0.25) is 0 Å². The molecule has 0 amide bonds. The molecule has 0 fully saturated rings. The highest BCUT2D eigenvalue weighted by atomic mass is 16.6. The van der Waals surface area contributed by atoms with Crippen LogP contribution in [0.2, 0.25) is 0 Å². The van der Waals surface area contributed by atoms with Crippen LogP contribution in [-0.2, 0) is 28.3 Å². The second-order valence-electron chi connectivity index (χ2n) is 6.60. The number of carbonyl (C=O) groups excluding carboxylic acids is 1. The van der Waals surface area contributed by atoms with Gasteiger partial charge in [0.1, 0.15) is 12.4 Å². The van der Waals surface area contributed by atoms with Crippen molar-refractivity contribution in [2.75, 3.05) is 0 Å². The number of aromatic nitrogens is 2. The summed E-state index contributed by atoms with van der Waals surface area (Å²) in [6, 6.07) is 7.56. The van der Waals surface area contributed by atoms with Crippen LogP contribution in [0, 0.1) is 0 Å². The van der Waals surface area contributed by atoms with Gasteiger partial charge in [-0.05, 0) is 36.7 Å². The smallest absolute Gasteiger partial charge is 0.343 e. The molecular weight excluding hydrogens is 348 g/mol. The van der Waals surface area contributed by atoms with Crippen LogP contribution in [0.25, 0.3) is 22.3 Å².